The fourth-order valence-electron chi connectivity index (χ4n) is 3.31. The molecule has 2 N–H and O–H groups in total. The zero-order valence-electron chi connectivity index (χ0n) is 11.7. The van der Waals surface area contributed by atoms with E-state index in [1.165, 1.54) is 17.5 Å². The third-order valence-corrected chi connectivity index (χ3v) is 4.59. The Balaban J connectivity index is 1.99. The molecule has 0 radical (unpaired) electrons. The summed E-state index contributed by atoms with van der Waals surface area (Å²) in [5, 5.41) is 4.99. The minimum atomic E-state index is -0.0913. The van der Waals surface area contributed by atoms with Gasteiger partial charge in [-0.3, -0.25) is 4.68 Å². The molecule has 106 valence electrons. The van der Waals surface area contributed by atoms with E-state index in [0.717, 1.165) is 25.1 Å². The van der Waals surface area contributed by atoms with Crippen LogP contribution in [0.4, 0.5) is 0 Å². The number of nitrogens with zero attached hydrogens (tertiary/aromatic N) is 2. The van der Waals surface area contributed by atoms with Gasteiger partial charge in [-0.2, -0.15) is 5.10 Å². The van der Waals surface area contributed by atoms with Crippen LogP contribution in [-0.4, -0.2) is 9.78 Å². The lowest BCUT2D eigenvalue weighted by molar-refractivity contribution is 0.445. The second kappa shape index (κ2) is 5.58. The van der Waals surface area contributed by atoms with Gasteiger partial charge in [-0.1, -0.05) is 35.9 Å². The molecule has 4 heteroatoms. The fourth-order valence-corrected chi connectivity index (χ4v) is 3.58. The zero-order chi connectivity index (χ0) is 14.1. The smallest absolute Gasteiger partial charge is 0.0834 e. The average molecular weight is 290 g/mol. The van der Waals surface area contributed by atoms with Crippen molar-refractivity contribution in [2.45, 2.75) is 44.7 Å². The number of nitrogens with two attached hydrogens (primary N) is 1. The summed E-state index contributed by atoms with van der Waals surface area (Å²) in [7, 11) is 0. The Kier molecular flexibility index (Phi) is 3.81. The first-order valence-electron chi connectivity index (χ1n) is 7.27. The number of hydrogen-bond acceptors (Lipinski definition) is 2. The lowest BCUT2D eigenvalue weighted by atomic mass is 9.78. The molecule has 3 rings (SSSR count). The first-order chi connectivity index (χ1) is 9.72. The molecule has 0 aliphatic heterocycles. The maximum absolute atomic E-state index is 6.56. The SMILES string of the molecule is CCn1ncc(Cl)c1C(N)C1CCCc2ccccc21. The average Bonchev–Trinajstić information content (AvgIpc) is 2.87. The van der Waals surface area contributed by atoms with Gasteiger partial charge in [-0.05, 0) is 37.3 Å². The van der Waals surface area contributed by atoms with E-state index in [1.54, 1.807) is 6.20 Å². The minimum Gasteiger partial charge on any atom is -0.322 e. The van der Waals surface area contributed by atoms with E-state index in [-0.39, 0.29) is 6.04 Å². The van der Waals surface area contributed by atoms with Crippen molar-refractivity contribution in [3.63, 3.8) is 0 Å². The van der Waals surface area contributed by atoms with Crippen LogP contribution < -0.4 is 5.73 Å². The van der Waals surface area contributed by atoms with Crippen LogP contribution in [0.3, 0.4) is 0 Å². The van der Waals surface area contributed by atoms with Crippen LogP contribution in [0.2, 0.25) is 5.02 Å². The van der Waals surface area contributed by atoms with E-state index in [4.69, 9.17) is 17.3 Å². The molecule has 1 aromatic carbocycles. The molecule has 1 heterocycles. The van der Waals surface area contributed by atoms with Crippen molar-refractivity contribution < 1.29 is 0 Å². The summed E-state index contributed by atoms with van der Waals surface area (Å²) in [5.74, 6) is 0.333. The van der Waals surface area contributed by atoms with E-state index >= 15 is 0 Å². The Morgan fingerprint density at radius 3 is 3.05 bits per heavy atom. The molecular formula is C16H20ClN3. The van der Waals surface area contributed by atoms with Crippen molar-refractivity contribution in [2.75, 3.05) is 0 Å². The maximum atomic E-state index is 6.56. The zero-order valence-corrected chi connectivity index (χ0v) is 12.5. The van der Waals surface area contributed by atoms with E-state index in [1.807, 2.05) is 4.68 Å². The second-order valence-electron chi connectivity index (χ2n) is 5.42. The third kappa shape index (κ3) is 2.25. The quantitative estimate of drug-likeness (QED) is 0.937. The predicted octanol–water partition coefficient (Wildman–Crippen LogP) is 3.68. The molecule has 0 saturated heterocycles. The molecule has 2 atom stereocenters. The third-order valence-electron chi connectivity index (χ3n) is 4.30. The van der Waals surface area contributed by atoms with E-state index in [0.29, 0.717) is 10.9 Å². The standard InChI is InChI=1S/C16H20ClN3/c1-2-20-16(14(17)10-19-20)15(18)13-9-5-7-11-6-3-4-8-12(11)13/h3-4,6,8,10,13,15H,2,5,7,9,18H2,1H3. The van der Waals surface area contributed by atoms with Crippen molar-refractivity contribution >= 4 is 11.6 Å². The lowest BCUT2D eigenvalue weighted by Gasteiger charge is -2.30. The first kappa shape index (κ1) is 13.7. The Bertz CT molecular complexity index is 606. The van der Waals surface area contributed by atoms with Gasteiger partial charge in [0.2, 0.25) is 0 Å². The van der Waals surface area contributed by atoms with Gasteiger partial charge < -0.3 is 5.73 Å². The van der Waals surface area contributed by atoms with Crippen LogP contribution in [0.5, 0.6) is 0 Å². The van der Waals surface area contributed by atoms with E-state index in [2.05, 4.69) is 36.3 Å². The van der Waals surface area contributed by atoms with Gasteiger partial charge in [0.1, 0.15) is 0 Å². The van der Waals surface area contributed by atoms with Crippen molar-refractivity contribution in [1.29, 1.82) is 0 Å². The molecule has 0 saturated carbocycles. The van der Waals surface area contributed by atoms with Crippen LogP contribution in [0, 0.1) is 0 Å². The Morgan fingerprint density at radius 1 is 1.45 bits per heavy atom. The first-order valence-corrected chi connectivity index (χ1v) is 7.64. The number of benzene rings is 1. The summed E-state index contributed by atoms with van der Waals surface area (Å²) in [6.45, 7) is 2.86. The fraction of sp³-hybridized carbons (Fsp3) is 0.438. The lowest BCUT2D eigenvalue weighted by Crippen LogP contribution is -2.26. The monoisotopic (exact) mass is 289 g/mol. The number of aryl methyl sites for hydroxylation is 2. The van der Waals surface area contributed by atoms with Gasteiger partial charge in [-0.15, -0.1) is 0 Å². The Morgan fingerprint density at radius 2 is 2.25 bits per heavy atom. The van der Waals surface area contributed by atoms with Gasteiger partial charge in [0, 0.05) is 12.5 Å². The largest absolute Gasteiger partial charge is 0.322 e. The summed E-state index contributed by atoms with van der Waals surface area (Å²) in [5.41, 5.74) is 10.3. The summed E-state index contributed by atoms with van der Waals surface area (Å²) in [6, 6.07) is 8.54. The highest BCUT2D eigenvalue weighted by molar-refractivity contribution is 6.31. The Labute approximate surface area is 124 Å². The molecule has 1 aliphatic rings. The topological polar surface area (TPSA) is 43.8 Å². The highest BCUT2D eigenvalue weighted by Gasteiger charge is 2.29. The number of hydrogen-bond donors (Lipinski definition) is 1. The molecule has 3 nitrogen and oxygen atoms in total. The van der Waals surface area contributed by atoms with Crippen molar-refractivity contribution in [2.24, 2.45) is 5.73 Å². The number of rotatable bonds is 3. The van der Waals surface area contributed by atoms with Gasteiger partial charge in [-0.25, -0.2) is 0 Å². The molecule has 20 heavy (non-hydrogen) atoms. The van der Waals surface area contributed by atoms with Crippen LogP contribution >= 0.6 is 11.6 Å². The molecule has 2 aromatic rings. The molecule has 0 spiro atoms. The molecule has 0 bridgehead atoms. The summed E-state index contributed by atoms with van der Waals surface area (Å²) >= 11 is 6.30. The summed E-state index contributed by atoms with van der Waals surface area (Å²) in [6.07, 6.45) is 5.16. The molecule has 0 fully saturated rings. The van der Waals surface area contributed by atoms with Crippen molar-refractivity contribution in [3.8, 4) is 0 Å². The normalized spacial score (nSPS) is 19.6. The second-order valence-corrected chi connectivity index (χ2v) is 5.82. The van der Waals surface area contributed by atoms with Crippen molar-refractivity contribution in [3.05, 3.63) is 52.3 Å². The number of aromatic nitrogens is 2. The summed E-state index contributed by atoms with van der Waals surface area (Å²) < 4.78 is 1.92. The van der Waals surface area contributed by atoms with Gasteiger partial charge in [0.15, 0.2) is 0 Å². The van der Waals surface area contributed by atoms with Crippen LogP contribution in [-0.2, 0) is 13.0 Å². The van der Waals surface area contributed by atoms with Crippen LogP contribution in [0.15, 0.2) is 30.5 Å². The van der Waals surface area contributed by atoms with E-state index < -0.39 is 0 Å². The summed E-state index contributed by atoms with van der Waals surface area (Å²) in [4.78, 5) is 0. The van der Waals surface area contributed by atoms with Crippen LogP contribution in [0.1, 0.15) is 48.5 Å². The molecule has 1 aromatic heterocycles. The van der Waals surface area contributed by atoms with E-state index in [9.17, 15) is 0 Å². The highest BCUT2D eigenvalue weighted by atomic mass is 35.5. The van der Waals surface area contributed by atoms with Gasteiger partial charge in [0.25, 0.3) is 0 Å². The minimum absolute atomic E-state index is 0.0913. The highest BCUT2D eigenvalue weighted by Crippen LogP contribution is 2.40. The number of fused-ring (bicyclic) bond motifs is 1. The molecule has 1 aliphatic carbocycles. The van der Waals surface area contributed by atoms with Gasteiger partial charge >= 0.3 is 0 Å². The molecular weight excluding hydrogens is 270 g/mol. The molecule has 0 amide bonds. The van der Waals surface area contributed by atoms with Crippen LogP contribution in [0.25, 0.3) is 0 Å². The maximum Gasteiger partial charge on any atom is 0.0834 e. The van der Waals surface area contributed by atoms with Crippen molar-refractivity contribution in [1.82, 2.24) is 9.78 Å². The predicted molar refractivity (Wildman–Crippen MR) is 82.0 cm³/mol. The number of halogens is 1. The van der Waals surface area contributed by atoms with Gasteiger partial charge in [0.05, 0.1) is 23.0 Å². The Hall–Kier alpha value is -1.32. The molecule has 2 unspecified atom stereocenters.